The zero-order chi connectivity index (χ0) is 13.5. The lowest BCUT2D eigenvalue weighted by Crippen LogP contribution is -2.20. The van der Waals surface area contributed by atoms with Crippen molar-refractivity contribution >= 4 is 5.91 Å². The van der Waals surface area contributed by atoms with Crippen molar-refractivity contribution in [2.75, 3.05) is 13.7 Å². The van der Waals surface area contributed by atoms with E-state index in [0.29, 0.717) is 13.0 Å². The maximum Gasteiger partial charge on any atom is 0.216 e. The number of carbonyl (C=O) groups is 1. The van der Waals surface area contributed by atoms with Crippen LogP contribution in [0, 0.1) is 25.7 Å². The van der Waals surface area contributed by atoms with Gasteiger partial charge >= 0.3 is 0 Å². The Morgan fingerprint density at radius 2 is 1.94 bits per heavy atom. The van der Waals surface area contributed by atoms with Crippen LogP contribution in [-0.2, 0) is 4.79 Å². The molecule has 3 nitrogen and oxygen atoms in total. The zero-order valence-corrected chi connectivity index (χ0v) is 11.4. The summed E-state index contributed by atoms with van der Waals surface area (Å²) in [4.78, 5) is 10.7. The van der Waals surface area contributed by atoms with Crippen molar-refractivity contribution in [2.24, 2.45) is 0 Å². The number of nitrogens with one attached hydrogen (secondary N) is 1. The average molecular weight is 245 g/mol. The van der Waals surface area contributed by atoms with Gasteiger partial charge in [0, 0.05) is 25.5 Å². The molecule has 0 atom stereocenters. The Bertz CT molecular complexity index is 472. The summed E-state index contributed by atoms with van der Waals surface area (Å²) in [7, 11) is 1.67. The largest absolute Gasteiger partial charge is 0.496 e. The highest BCUT2D eigenvalue weighted by atomic mass is 16.5. The first-order valence-corrected chi connectivity index (χ1v) is 5.93. The molecular formula is C15H19NO2. The molecule has 0 fully saturated rings. The molecule has 3 heteroatoms. The molecule has 0 saturated heterocycles. The maximum atomic E-state index is 10.7. The molecule has 0 aliphatic carbocycles. The predicted octanol–water partition coefficient (Wildman–Crippen LogP) is 2.19. The number of hydrogen-bond acceptors (Lipinski definition) is 2. The van der Waals surface area contributed by atoms with E-state index in [1.165, 1.54) is 6.92 Å². The molecule has 0 heterocycles. The predicted molar refractivity (Wildman–Crippen MR) is 72.6 cm³/mol. The van der Waals surface area contributed by atoms with Crippen LogP contribution in [0.3, 0.4) is 0 Å². The molecule has 0 aromatic heterocycles. The molecule has 0 saturated carbocycles. The molecule has 0 bridgehead atoms. The quantitative estimate of drug-likeness (QED) is 0.655. The highest BCUT2D eigenvalue weighted by Crippen LogP contribution is 2.23. The Hall–Kier alpha value is -1.95. The summed E-state index contributed by atoms with van der Waals surface area (Å²) >= 11 is 0. The molecule has 0 radical (unpaired) electrons. The van der Waals surface area contributed by atoms with Crippen LogP contribution in [0.25, 0.3) is 0 Å². The van der Waals surface area contributed by atoms with E-state index in [0.717, 1.165) is 22.4 Å². The van der Waals surface area contributed by atoms with Crippen LogP contribution in [-0.4, -0.2) is 19.6 Å². The van der Waals surface area contributed by atoms with Gasteiger partial charge in [0.15, 0.2) is 0 Å². The normalized spacial score (nSPS) is 9.33. The van der Waals surface area contributed by atoms with E-state index in [1.807, 2.05) is 26.0 Å². The number of ether oxygens (including phenoxy) is 1. The maximum absolute atomic E-state index is 10.7. The second-order valence-corrected chi connectivity index (χ2v) is 4.18. The van der Waals surface area contributed by atoms with Crippen LogP contribution in [0.4, 0.5) is 0 Å². The molecule has 0 aliphatic rings. The van der Waals surface area contributed by atoms with Gasteiger partial charge < -0.3 is 10.1 Å². The number of benzene rings is 1. The highest BCUT2D eigenvalue weighted by Gasteiger charge is 2.03. The second kappa shape index (κ2) is 6.70. The summed E-state index contributed by atoms with van der Waals surface area (Å²) in [5, 5.41) is 2.71. The van der Waals surface area contributed by atoms with Crippen LogP contribution in [0.15, 0.2) is 12.1 Å². The molecular weight excluding hydrogens is 226 g/mol. The SMILES string of the molecule is COc1c(C)cc(C#CCCNC(C)=O)cc1C. The van der Waals surface area contributed by atoms with Gasteiger partial charge in [0.2, 0.25) is 5.91 Å². The fourth-order valence-electron chi connectivity index (χ4n) is 1.81. The van der Waals surface area contributed by atoms with E-state index in [9.17, 15) is 4.79 Å². The van der Waals surface area contributed by atoms with E-state index in [-0.39, 0.29) is 5.91 Å². The molecule has 96 valence electrons. The summed E-state index contributed by atoms with van der Waals surface area (Å²) in [5.74, 6) is 7.03. The standard InChI is InChI=1S/C15H19NO2/c1-11-9-14(10-12(2)15(11)18-4)7-5-6-8-16-13(3)17/h9-10H,6,8H2,1-4H3,(H,16,17). The van der Waals surface area contributed by atoms with Gasteiger partial charge in [-0.1, -0.05) is 11.8 Å². The van der Waals surface area contributed by atoms with Gasteiger partial charge in [0.25, 0.3) is 0 Å². The van der Waals surface area contributed by atoms with E-state index in [2.05, 4.69) is 17.2 Å². The monoisotopic (exact) mass is 245 g/mol. The van der Waals surface area contributed by atoms with Crippen molar-refractivity contribution in [3.63, 3.8) is 0 Å². The number of rotatable bonds is 3. The van der Waals surface area contributed by atoms with Crippen LogP contribution in [0.2, 0.25) is 0 Å². The number of carbonyl (C=O) groups excluding carboxylic acids is 1. The Kier molecular flexibility index (Phi) is 5.26. The summed E-state index contributed by atoms with van der Waals surface area (Å²) in [6.07, 6.45) is 0.656. The molecule has 1 amide bonds. The van der Waals surface area contributed by atoms with Gasteiger partial charge in [-0.2, -0.15) is 0 Å². The van der Waals surface area contributed by atoms with Crippen LogP contribution < -0.4 is 10.1 Å². The Balaban J connectivity index is 2.69. The van der Waals surface area contributed by atoms with Gasteiger partial charge in [-0.3, -0.25) is 4.79 Å². The van der Waals surface area contributed by atoms with Gasteiger partial charge in [0.05, 0.1) is 7.11 Å². The highest BCUT2D eigenvalue weighted by molar-refractivity contribution is 5.72. The summed E-state index contributed by atoms with van der Waals surface area (Å²) in [5.41, 5.74) is 3.15. The van der Waals surface area contributed by atoms with Crippen molar-refractivity contribution in [1.82, 2.24) is 5.32 Å². The Labute approximate surface area is 109 Å². The molecule has 1 N–H and O–H groups in total. The number of aryl methyl sites for hydroxylation is 2. The smallest absolute Gasteiger partial charge is 0.216 e. The lowest BCUT2D eigenvalue weighted by atomic mass is 10.1. The molecule has 0 spiro atoms. The third-order valence-corrected chi connectivity index (χ3v) is 2.52. The number of methoxy groups -OCH3 is 1. The number of amides is 1. The summed E-state index contributed by atoms with van der Waals surface area (Å²) < 4.78 is 5.30. The molecule has 1 aromatic carbocycles. The van der Waals surface area contributed by atoms with E-state index >= 15 is 0 Å². The molecule has 18 heavy (non-hydrogen) atoms. The van der Waals surface area contributed by atoms with Crippen molar-refractivity contribution in [2.45, 2.75) is 27.2 Å². The number of hydrogen-bond donors (Lipinski definition) is 1. The van der Waals surface area contributed by atoms with E-state index < -0.39 is 0 Å². The summed E-state index contributed by atoms with van der Waals surface area (Å²) in [6.45, 7) is 6.11. The van der Waals surface area contributed by atoms with E-state index in [4.69, 9.17) is 4.74 Å². The first-order valence-electron chi connectivity index (χ1n) is 5.93. The van der Waals surface area contributed by atoms with E-state index in [1.54, 1.807) is 7.11 Å². The molecule has 1 aromatic rings. The van der Waals surface area contributed by atoms with Crippen molar-refractivity contribution in [3.05, 3.63) is 28.8 Å². The Morgan fingerprint density at radius 3 is 2.44 bits per heavy atom. The van der Waals surface area contributed by atoms with Gasteiger partial charge in [-0.05, 0) is 37.1 Å². The van der Waals surface area contributed by atoms with Crippen LogP contribution in [0.1, 0.15) is 30.0 Å². The van der Waals surface area contributed by atoms with Crippen LogP contribution in [0.5, 0.6) is 5.75 Å². The third kappa shape index (κ3) is 4.14. The van der Waals surface area contributed by atoms with Crippen molar-refractivity contribution in [3.8, 4) is 17.6 Å². The molecule has 0 unspecified atom stereocenters. The van der Waals surface area contributed by atoms with Gasteiger partial charge in [-0.25, -0.2) is 0 Å². The zero-order valence-electron chi connectivity index (χ0n) is 11.4. The fraction of sp³-hybridized carbons (Fsp3) is 0.400. The first-order chi connectivity index (χ1) is 8.54. The van der Waals surface area contributed by atoms with Crippen molar-refractivity contribution < 1.29 is 9.53 Å². The van der Waals surface area contributed by atoms with Crippen LogP contribution >= 0.6 is 0 Å². The average Bonchev–Trinajstić information content (AvgIpc) is 2.27. The van der Waals surface area contributed by atoms with Crippen molar-refractivity contribution in [1.29, 1.82) is 0 Å². The minimum absolute atomic E-state index is 0.0204. The fourth-order valence-corrected chi connectivity index (χ4v) is 1.81. The molecule has 0 aliphatic heterocycles. The van der Waals surface area contributed by atoms with Gasteiger partial charge in [0.1, 0.15) is 5.75 Å². The first kappa shape index (κ1) is 14.1. The second-order valence-electron chi connectivity index (χ2n) is 4.18. The Morgan fingerprint density at radius 1 is 1.33 bits per heavy atom. The molecule has 1 rings (SSSR count). The topological polar surface area (TPSA) is 38.3 Å². The lowest BCUT2D eigenvalue weighted by Gasteiger charge is -2.08. The van der Waals surface area contributed by atoms with Gasteiger partial charge in [-0.15, -0.1) is 0 Å². The lowest BCUT2D eigenvalue weighted by molar-refractivity contribution is -0.118. The minimum atomic E-state index is -0.0204. The summed E-state index contributed by atoms with van der Waals surface area (Å²) in [6, 6.07) is 4.02. The third-order valence-electron chi connectivity index (χ3n) is 2.52. The minimum Gasteiger partial charge on any atom is -0.496 e.